The van der Waals surface area contributed by atoms with Crippen LogP contribution in [0, 0.1) is 5.82 Å². The van der Waals surface area contributed by atoms with E-state index >= 15 is 0 Å². The van der Waals surface area contributed by atoms with Crippen LogP contribution in [0.2, 0.25) is 0 Å². The first-order valence-corrected chi connectivity index (χ1v) is 6.08. The fourth-order valence-electron chi connectivity index (χ4n) is 2.07. The number of carboxylic acids is 1. The van der Waals surface area contributed by atoms with Gasteiger partial charge in [-0.15, -0.1) is 0 Å². The molecule has 100 valence electrons. The van der Waals surface area contributed by atoms with Gasteiger partial charge in [-0.25, -0.2) is 14.2 Å². The summed E-state index contributed by atoms with van der Waals surface area (Å²) in [5, 5.41) is 8.94. The molecule has 0 aliphatic rings. The van der Waals surface area contributed by atoms with Gasteiger partial charge in [-0.2, -0.15) is 0 Å². The van der Waals surface area contributed by atoms with Crippen LogP contribution >= 0.6 is 0 Å². The number of H-pyrrole nitrogens is 1. The number of aromatic carboxylic acids is 1. The van der Waals surface area contributed by atoms with Crippen molar-refractivity contribution in [2.45, 2.75) is 6.42 Å². The smallest absolute Gasteiger partial charge is 0.335 e. The molecule has 20 heavy (non-hydrogen) atoms. The van der Waals surface area contributed by atoms with Crippen LogP contribution in [0.1, 0.15) is 21.7 Å². The largest absolute Gasteiger partial charge is 0.478 e. The summed E-state index contributed by atoms with van der Waals surface area (Å²) >= 11 is 0. The van der Waals surface area contributed by atoms with Gasteiger partial charge in [-0.1, -0.05) is 12.1 Å². The van der Waals surface area contributed by atoms with E-state index in [-0.39, 0.29) is 11.4 Å². The zero-order chi connectivity index (χ0) is 14.1. The first kappa shape index (κ1) is 12.3. The van der Waals surface area contributed by atoms with Crippen molar-refractivity contribution in [3.8, 4) is 0 Å². The van der Waals surface area contributed by atoms with Gasteiger partial charge in [0.1, 0.15) is 11.6 Å². The summed E-state index contributed by atoms with van der Waals surface area (Å²) in [6.45, 7) is 0. The van der Waals surface area contributed by atoms with E-state index in [0.717, 1.165) is 5.56 Å². The zero-order valence-electron chi connectivity index (χ0n) is 10.4. The molecule has 0 fully saturated rings. The highest BCUT2D eigenvalue weighted by Gasteiger charge is 2.08. The average Bonchev–Trinajstić information content (AvgIpc) is 2.82. The summed E-state index contributed by atoms with van der Waals surface area (Å²) in [4.78, 5) is 18.4. The van der Waals surface area contributed by atoms with Gasteiger partial charge < -0.3 is 10.1 Å². The van der Waals surface area contributed by atoms with E-state index in [0.29, 0.717) is 23.3 Å². The molecule has 0 atom stereocenters. The number of aromatic amines is 1. The zero-order valence-corrected chi connectivity index (χ0v) is 10.4. The third-order valence-electron chi connectivity index (χ3n) is 3.06. The van der Waals surface area contributed by atoms with Crippen LogP contribution in [0.15, 0.2) is 42.5 Å². The minimum Gasteiger partial charge on any atom is -0.478 e. The van der Waals surface area contributed by atoms with Gasteiger partial charge in [0.25, 0.3) is 0 Å². The Morgan fingerprint density at radius 3 is 2.65 bits per heavy atom. The first-order valence-electron chi connectivity index (χ1n) is 6.08. The average molecular weight is 270 g/mol. The topological polar surface area (TPSA) is 66.0 Å². The summed E-state index contributed by atoms with van der Waals surface area (Å²) in [6.07, 6.45) is 0.539. The van der Waals surface area contributed by atoms with E-state index < -0.39 is 5.97 Å². The fraction of sp³-hybridized carbons (Fsp3) is 0.0667. The van der Waals surface area contributed by atoms with Crippen molar-refractivity contribution < 1.29 is 14.3 Å². The number of halogens is 1. The Labute approximate surface area is 113 Å². The second-order valence-corrected chi connectivity index (χ2v) is 4.52. The minimum atomic E-state index is -0.971. The number of carboxylic acid groups (broad SMARTS) is 1. The van der Waals surface area contributed by atoms with Gasteiger partial charge in [-0.3, -0.25) is 0 Å². The molecule has 0 bridgehead atoms. The SMILES string of the molecule is O=C(O)c1ccc2nc(Cc3ccc(F)cc3)[nH]c2c1. The van der Waals surface area contributed by atoms with Crippen molar-refractivity contribution in [2.75, 3.05) is 0 Å². The highest BCUT2D eigenvalue weighted by Crippen LogP contribution is 2.16. The van der Waals surface area contributed by atoms with E-state index in [1.54, 1.807) is 24.3 Å². The number of aromatic nitrogens is 2. The maximum atomic E-state index is 12.8. The Balaban J connectivity index is 1.92. The number of hydrogen-bond acceptors (Lipinski definition) is 2. The molecular weight excluding hydrogens is 259 g/mol. The van der Waals surface area contributed by atoms with Gasteiger partial charge in [0, 0.05) is 6.42 Å². The Morgan fingerprint density at radius 2 is 1.95 bits per heavy atom. The number of nitrogens with zero attached hydrogens (tertiary/aromatic N) is 1. The highest BCUT2D eigenvalue weighted by atomic mass is 19.1. The molecule has 2 aromatic carbocycles. The molecule has 0 radical (unpaired) electrons. The van der Waals surface area contributed by atoms with E-state index in [1.165, 1.54) is 18.2 Å². The standard InChI is InChI=1S/C15H11FN2O2/c16-11-4-1-9(2-5-11)7-14-17-12-6-3-10(15(19)20)8-13(12)18-14/h1-6,8H,7H2,(H,17,18)(H,19,20). The quantitative estimate of drug-likeness (QED) is 0.768. The third kappa shape index (κ3) is 2.38. The lowest BCUT2D eigenvalue weighted by molar-refractivity contribution is 0.0697. The number of benzene rings is 2. The van der Waals surface area contributed by atoms with Crippen LogP contribution in [-0.2, 0) is 6.42 Å². The van der Waals surface area contributed by atoms with E-state index in [4.69, 9.17) is 5.11 Å². The molecule has 5 heteroatoms. The van der Waals surface area contributed by atoms with Gasteiger partial charge in [-0.05, 0) is 35.9 Å². The molecule has 0 spiro atoms. The van der Waals surface area contributed by atoms with Crippen molar-refractivity contribution in [2.24, 2.45) is 0 Å². The van der Waals surface area contributed by atoms with Crippen LogP contribution < -0.4 is 0 Å². The molecule has 0 unspecified atom stereocenters. The number of imidazole rings is 1. The Morgan fingerprint density at radius 1 is 1.20 bits per heavy atom. The lowest BCUT2D eigenvalue weighted by Gasteiger charge is -1.97. The molecule has 2 N–H and O–H groups in total. The maximum absolute atomic E-state index is 12.8. The second-order valence-electron chi connectivity index (χ2n) is 4.52. The van der Waals surface area contributed by atoms with Crippen LogP contribution in [0.3, 0.4) is 0 Å². The first-order chi connectivity index (χ1) is 9.61. The van der Waals surface area contributed by atoms with Crippen LogP contribution in [-0.4, -0.2) is 21.0 Å². The maximum Gasteiger partial charge on any atom is 0.335 e. The number of fused-ring (bicyclic) bond motifs is 1. The normalized spacial score (nSPS) is 10.8. The van der Waals surface area contributed by atoms with Crippen molar-refractivity contribution in [1.29, 1.82) is 0 Å². The summed E-state index contributed by atoms with van der Waals surface area (Å²) in [5.74, 6) is -0.528. The lowest BCUT2D eigenvalue weighted by atomic mass is 10.1. The fourth-order valence-corrected chi connectivity index (χ4v) is 2.07. The molecule has 4 nitrogen and oxygen atoms in total. The summed E-state index contributed by atoms with van der Waals surface area (Å²) < 4.78 is 12.8. The van der Waals surface area contributed by atoms with Crippen molar-refractivity contribution in [1.82, 2.24) is 9.97 Å². The van der Waals surface area contributed by atoms with E-state index in [1.807, 2.05) is 0 Å². The van der Waals surface area contributed by atoms with Crippen molar-refractivity contribution in [3.05, 3.63) is 65.2 Å². The Kier molecular flexibility index (Phi) is 2.95. The predicted octanol–water partition coefficient (Wildman–Crippen LogP) is 2.99. The van der Waals surface area contributed by atoms with E-state index in [2.05, 4.69) is 9.97 Å². The minimum absolute atomic E-state index is 0.217. The molecule has 0 aliphatic heterocycles. The highest BCUT2D eigenvalue weighted by molar-refractivity contribution is 5.92. The molecule has 0 aliphatic carbocycles. The summed E-state index contributed by atoms with van der Waals surface area (Å²) in [6, 6.07) is 11.0. The molecular formula is C15H11FN2O2. The molecule has 0 amide bonds. The number of nitrogens with one attached hydrogen (secondary N) is 1. The van der Waals surface area contributed by atoms with Crippen molar-refractivity contribution >= 4 is 17.0 Å². The van der Waals surface area contributed by atoms with Gasteiger partial charge in [0.05, 0.1) is 16.6 Å². The number of rotatable bonds is 3. The molecule has 3 aromatic rings. The lowest BCUT2D eigenvalue weighted by Crippen LogP contribution is -1.94. The van der Waals surface area contributed by atoms with Crippen LogP contribution in [0.4, 0.5) is 4.39 Å². The van der Waals surface area contributed by atoms with Crippen LogP contribution in [0.5, 0.6) is 0 Å². The van der Waals surface area contributed by atoms with Gasteiger partial charge in [0.15, 0.2) is 0 Å². The Bertz CT molecular complexity index is 778. The Hall–Kier alpha value is -2.69. The number of hydrogen-bond donors (Lipinski definition) is 2. The molecule has 1 heterocycles. The number of carbonyl (C=O) groups is 1. The monoisotopic (exact) mass is 270 g/mol. The summed E-state index contributed by atoms with van der Waals surface area (Å²) in [5.41, 5.74) is 2.55. The summed E-state index contributed by atoms with van der Waals surface area (Å²) in [7, 11) is 0. The van der Waals surface area contributed by atoms with Crippen LogP contribution in [0.25, 0.3) is 11.0 Å². The predicted molar refractivity (Wildman–Crippen MR) is 72.3 cm³/mol. The van der Waals surface area contributed by atoms with Crippen molar-refractivity contribution in [3.63, 3.8) is 0 Å². The second kappa shape index (κ2) is 4.77. The molecule has 1 aromatic heterocycles. The molecule has 0 saturated heterocycles. The van der Waals surface area contributed by atoms with Gasteiger partial charge in [0.2, 0.25) is 0 Å². The van der Waals surface area contributed by atoms with E-state index in [9.17, 15) is 9.18 Å². The molecule has 3 rings (SSSR count). The third-order valence-corrected chi connectivity index (χ3v) is 3.06. The molecule has 0 saturated carbocycles. The van der Waals surface area contributed by atoms with Gasteiger partial charge >= 0.3 is 5.97 Å².